The van der Waals surface area contributed by atoms with E-state index in [1.54, 1.807) is 17.4 Å². The third kappa shape index (κ3) is 2.95. The molecule has 0 amide bonds. The molecular formula is C13H12BrF2NS. The molecule has 0 aliphatic rings. The average Bonchev–Trinajstić information content (AvgIpc) is 2.63. The molecule has 96 valence electrons. The molecule has 0 radical (unpaired) electrons. The van der Waals surface area contributed by atoms with E-state index in [2.05, 4.69) is 20.9 Å². The van der Waals surface area contributed by atoms with Gasteiger partial charge in [0.05, 0.1) is 15.5 Å². The molecule has 0 N–H and O–H groups in total. The average molecular weight is 332 g/mol. The largest absolute Gasteiger partial charge is 0.247 e. The number of aryl methyl sites for hydroxylation is 2. The molecular weight excluding hydrogens is 320 g/mol. The Labute approximate surface area is 117 Å². The summed E-state index contributed by atoms with van der Waals surface area (Å²) in [5.74, 6) is -1.61. The minimum absolute atomic E-state index is 0.0774. The Morgan fingerprint density at radius 1 is 1.28 bits per heavy atom. The number of thiazole rings is 1. The third-order valence-electron chi connectivity index (χ3n) is 2.62. The SMILES string of the molecule is Cc1nc(C)c(C(Br)Cc2ccc(F)c(F)c2)s1. The number of aromatic nitrogens is 1. The highest BCUT2D eigenvalue weighted by Gasteiger charge is 2.16. The van der Waals surface area contributed by atoms with Crippen LogP contribution >= 0.6 is 27.3 Å². The van der Waals surface area contributed by atoms with Gasteiger partial charge in [0, 0.05) is 4.88 Å². The van der Waals surface area contributed by atoms with Gasteiger partial charge in [0.25, 0.3) is 0 Å². The van der Waals surface area contributed by atoms with Crippen LogP contribution in [0.3, 0.4) is 0 Å². The van der Waals surface area contributed by atoms with Gasteiger partial charge in [-0.25, -0.2) is 13.8 Å². The smallest absolute Gasteiger partial charge is 0.159 e. The van der Waals surface area contributed by atoms with Crippen molar-refractivity contribution in [2.75, 3.05) is 0 Å². The van der Waals surface area contributed by atoms with Gasteiger partial charge in [-0.1, -0.05) is 22.0 Å². The molecule has 18 heavy (non-hydrogen) atoms. The molecule has 1 aromatic carbocycles. The first-order valence-corrected chi connectivity index (χ1v) is 7.22. The lowest BCUT2D eigenvalue weighted by Gasteiger charge is -2.08. The molecule has 0 saturated heterocycles. The van der Waals surface area contributed by atoms with Crippen molar-refractivity contribution in [3.8, 4) is 0 Å². The van der Waals surface area contributed by atoms with Crippen LogP contribution in [0.15, 0.2) is 18.2 Å². The Bertz CT molecular complexity index is 568. The summed E-state index contributed by atoms with van der Waals surface area (Å²) in [6, 6.07) is 4.01. The highest BCUT2D eigenvalue weighted by molar-refractivity contribution is 9.09. The molecule has 1 atom stereocenters. The predicted molar refractivity (Wildman–Crippen MR) is 73.3 cm³/mol. The van der Waals surface area contributed by atoms with Crippen LogP contribution in [0.2, 0.25) is 0 Å². The molecule has 0 fully saturated rings. The first kappa shape index (κ1) is 13.6. The fraction of sp³-hybridized carbons (Fsp3) is 0.308. The van der Waals surface area contributed by atoms with Crippen LogP contribution in [0.25, 0.3) is 0 Å². The van der Waals surface area contributed by atoms with Gasteiger partial charge in [0.2, 0.25) is 0 Å². The van der Waals surface area contributed by atoms with Crippen LogP contribution in [0.5, 0.6) is 0 Å². The molecule has 2 rings (SSSR count). The molecule has 0 saturated carbocycles. The Balaban J connectivity index is 2.18. The van der Waals surface area contributed by atoms with E-state index in [0.29, 0.717) is 6.42 Å². The lowest BCUT2D eigenvalue weighted by molar-refractivity contribution is 0.507. The number of hydrogen-bond donors (Lipinski definition) is 0. The number of nitrogens with zero attached hydrogens (tertiary/aromatic N) is 1. The molecule has 1 aromatic heterocycles. The molecule has 1 nitrogen and oxygen atoms in total. The van der Waals surface area contributed by atoms with Crippen molar-refractivity contribution in [2.24, 2.45) is 0 Å². The highest BCUT2D eigenvalue weighted by atomic mass is 79.9. The van der Waals surface area contributed by atoms with Crippen molar-refractivity contribution in [1.82, 2.24) is 4.98 Å². The van der Waals surface area contributed by atoms with Gasteiger partial charge in [0.15, 0.2) is 11.6 Å². The first-order chi connectivity index (χ1) is 8.47. The van der Waals surface area contributed by atoms with E-state index < -0.39 is 11.6 Å². The maximum atomic E-state index is 13.1. The zero-order valence-corrected chi connectivity index (χ0v) is 12.4. The summed E-state index contributed by atoms with van der Waals surface area (Å²) in [5.41, 5.74) is 1.75. The van der Waals surface area contributed by atoms with Crippen LogP contribution in [0.4, 0.5) is 8.78 Å². The van der Waals surface area contributed by atoms with Crippen LogP contribution in [-0.2, 0) is 6.42 Å². The molecule has 1 heterocycles. The highest BCUT2D eigenvalue weighted by Crippen LogP contribution is 2.33. The monoisotopic (exact) mass is 331 g/mol. The summed E-state index contributed by atoms with van der Waals surface area (Å²) < 4.78 is 25.9. The number of benzene rings is 1. The maximum Gasteiger partial charge on any atom is 0.159 e. The molecule has 0 spiro atoms. The first-order valence-electron chi connectivity index (χ1n) is 5.49. The lowest BCUT2D eigenvalue weighted by Crippen LogP contribution is -1.97. The van der Waals surface area contributed by atoms with E-state index >= 15 is 0 Å². The van der Waals surface area contributed by atoms with Crippen molar-refractivity contribution >= 4 is 27.3 Å². The standard InChI is InChI=1S/C13H12BrF2NS/c1-7-13(18-8(2)17-7)10(14)5-9-3-4-11(15)12(16)6-9/h3-4,6,10H,5H2,1-2H3. The van der Waals surface area contributed by atoms with Crippen molar-refractivity contribution in [3.63, 3.8) is 0 Å². The Kier molecular flexibility index (Phi) is 4.12. The lowest BCUT2D eigenvalue weighted by atomic mass is 10.1. The Hall–Kier alpha value is -0.810. The van der Waals surface area contributed by atoms with Gasteiger partial charge in [-0.3, -0.25) is 0 Å². The van der Waals surface area contributed by atoms with Crippen LogP contribution in [-0.4, -0.2) is 4.98 Å². The van der Waals surface area contributed by atoms with Gasteiger partial charge in [-0.05, 0) is 38.0 Å². The minimum atomic E-state index is -0.810. The van der Waals surface area contributed by atoms with E-state index in [1.165, 1.54) is 6.07 Å². The number of halogens is 3. The number of hydrogen-bond acceptors (Lipinski definition) is 2. The second-order valence-corrected chi connectivity index (χ2v) is 6.44. The Morgan fingerprint density at radius 2 is 2.00 bits per heavy atom. The predicted octanol–water partition coefficient (Wildman–Crippen LogP) is 4.72. The fourth-order valence-electron chi connectivity index (χ4n) is 1.80. The Morgan fingerprint density at radius 3 is 2.56 bits per heavy atom. The summed E-state index contributed by atoms with van der Waals surface area (Å²) >= 11 is 5.21. The van der Waals surface area contributed by atoms with Gasteiger partial charge in [-0.15, -0.1) is 11.3 Å². The summed E-state index contributed by atoms with van der Waals surface area (Å²) in [7, 11) is 0. The van der Waals surface area contributed by atoms with Crippen molar-refractivity contribution in [3.05, 3.63) is 51.0 Å². The molecule has 2 aromatic rings. The summed E-state index contributed by atoms with van der Waals surface area (Å²) in [5, 5.41) is 1.01. The summed E-state index contributed by atoms with van der Waals surface area (Å²) in [6.07, 6.45) is 0.611. The van der Waals surface area contributed by atoms with Crippen LogP contribution in [0.1, 0.15) is 26.0 Å². The molecule has 5 heteroatoms. The van der Waals surface area contributed by atoms with E-state index in [-0.39, 0.29) is 4.83 Å². The van der Waals surface area contributed by atoms with Gasteiger partial charge >= 0.3 is 0 Å². The summed E-state index contributed by atoms with van der Waals surface area (Å²) in [4.78, 5) is 5.57. The molecule has 0 aliphatic heterocycles. The normalized spacial score (nSPS) is 12.7. The summed E-state index contributed by atoms with van der Waals surface area (Å²) in [6.45, 7) is 3.91. The van der Waals surface area contributed by atoms with E-state index in [0.717, 1.165) is 27.2 Å². The topological polar surface area (TPSA) is 12.9 Å². The fourth-order valence-corrected chi connectivity index (χ4v) is 3.69. The van der Waals surface area contributed by atoms with Gasteiger partial charge in [-0.2, -0.15) is 0 Å². The molecule has 0 bridgehead atoms. The minimum Gasteiger partial charge on any atom is -0.247 e. The van der Waals surface area contributed by atoms with Crippen molar-refractivity contribution in [1.29, 1.82) is 0 Å². The second-order valence-electron chi connectivity index (χ2n) is 4.10. The van der Waals surface area contributed by atoms with Crippen LogP contribution in [0, 0.1) is 25.5 Å². The van der Waals surface area contributed by atoms with Crippen LogP contribution < -0.4 is 0 Å². The van der Waals surface area contributed by atoms with Gasteiger partial charge < -0.3 is 0 Å². The second kappa shape index (κ2) is 5.45. The van der Waals surface area contributed by atoms with E-state index in [1.807, 2.05) is 13.8 Å². The molecule has 0 aliphatic carbocycles. The number of rotatable bonds is 3. The number of alkyl halides is 1. The quantitative estimate of drug-likeness (QED) is 0.742. The molecule has 1 unspecified atom stereocenters. The van der Waals surface area contributed by atoms with Crippen molar-refractivity contribution < 1.29 is 8.78 Å². The van der Waals surface area contributed by atoms with Crippen molar-refractivity contribution in [2.45, 2.75) is 25.1 Å². The van der Waals surface area contributed by atoms with E-state index in [4.69, 9.17) is 0 Å². The van der Waals surface area contributed by atoms with E-state index in [9.17, 15) is 8.78 Å². The van der Waals surface area contributed by atoms with Gasteiger partial charge in [0.1, 0.15) is 0 Å². The zero-order chi connectivity index (χ0) is 13.3. The maximum absolute atomic E-state index is 13.1. The third-order valence-corrected chi connectivity index (χ3v) is 4.89. The zero-order valence-electron chi connectivity index (χ0n) is 10.0.